The van der Waals surface area contributed by atoms with Gasteiger partial charge in [-0.05, 0) is 24.6 Å². The Bertz CT molecular complexity index is 731. The summed E-state index contributed by atoms with van der Waals surface area (Å²) in [6, 6.07) is 5.77. The molecule has 0 aliphatic carbocycles. The fraction of sp³-hybridized carbons (Fsp3) is 0.267. The van der Waals surface area contributed by atoms with Gasteiger partial charge >= 0.3 is 0 Å². The standard InChI is InChI=1S/C15H15N3O2/c1-9-16-15(13(8-19)17(9)2)10-4-5-12-11(6-10)7-14(20)18(12)3/h4-6,8H,7H2,1-3H3. The molecule has 0 bridgehead atoms. The van der Waals surface area contributed by atoms with Gasteiger partial charge < -0.3 is 9.47 Å². The van der Waals surface area contributed by atoms with Gasteiger partial charge in [0.2, 0.25) is 5.91 Å². The Hall–Kier alpha value is -2.43. The van der Waals surface area contributed by atoms with Crippen molar-refractivity contribution < 1.29 is 9.59 Å². The summed E-state index contributed by atoms with van der Waals surface area (Å²) in [6.45, 7) is 1.86. The molecule has 0 atom stereocenters. The number of hydrogen-bond acceptors (Lipinski definition) is 3. The molecule has 0 N–H and O–H groups in total. The summed E-state index contributed by atoms with van der Waals surface area (Å²) in [5, 5.41) is 0. The van der Waals surface area contributed by atoms with E-state index in [2.05, 4.69) is 4.98 Å². The smallest absolute Gasteiger partial charge is 0.231 e. The van der Waals surface area contributed by atoms with Gasteiger partial charge in [-0.2, -0.15) is 0 Å². The van der Waals surface area contributed by atoms with Gasteiger partial charge in [-0.1, -0.05) is 6.07 Å². The summed E-state index contributed by atoms with van der Waals surface area (Å²) in [5.74, 6) is 0.876. The first-order valence-electron chi connectivity index (χ1n) is 6.41. The number of carbonyl (C=O) groups excluding carboxylic acids is 2. The number of likely N-dealkylation sites (N-methyl/N-ethyl adjacent to an activating group) is 1. The zero-order valence-corrected chi connectivity index (χ0v) is 11.7. The molecule has 0 saturated carbocycles. The van der Waals surface area contributed by atoms with E-state index < -0.39 is 0 Å². The predicted octanol–water partition coefficient (Wildman–Crippen LogP) is 1.73. The molecule has 0 spiro atoms. The topological polar surface area (TPSA) is 55.2 Å². The van der Waals surface area contributed by atoms with Crippen molar-refractivity contribution in [2.75, 3.05) is 11.9 Å². The number of aldehydes is 1. The normalized spacial score (nSPS) is 13.8. The number of aromatic nitrogens is 2. The van der Waals surface area contributed by atoms with Crippen molar-refractivity contribution in [3.8, 4) is 11.3 Å². The van der Waals surface area contributed by atoms with Gasteiger partial charge in [0.05, 0.1) is 12.1 Å². The highest BCUT2D eigenvalue weighted by atomic mass is 16.2. The zero-order chi connectivity index (χ0) is 14.4. The fourth-order valence-electron chi connectivity index (χ4n) is 2.59. The molecule has 1 aromatic carbocycles. The summed E-state index contributed by atoms with van der Waals surface area (Å²) in [6.07, 6.45) is 1.22. The van der Waals surface area contributed by atoms with Crippen molar-refractivity contribution in [3.05, 3.63) is 35.3 Å². The van der Waals surface area contributed by atoms with Crippen LogP contribution in [0.3, 0.4) is 0 Å². The van der Waals surface area contributed by atoms with Gasteiger partial charge in [-0.3, -0.25) is 9.59 Å². The molecular weight excluding hydrogens is 254 g/mol. The Morgan fingerprint density at radius 1 is 1.30 bits per heavy atom. The number of hydrogen-bond donors (Lipinski definition) is 0. The van der Waals surface area contributed by atoms with E-state index in [4.69, 9.17) is 0 Å². The van der Waals surface area contributed by atoms with E-state index in [0.717, 1.165) is 28.9 Å². The maximum atomic E-state index is 11.7. The minimum absolute atomic E-state index is 0.0879. The predicted molar refractivity (Wildman–Crippen MR) is 75.9 cm³/mol. The number of amides is 1. The van der Waals surface area contributed by atoms with E-state index in [9.17, 15) is 9.59 Å². The van der Waals surface area contributed by atoms with Crippen LogP contribution in [0.2, 0.25) is 0 Å². The van der Waals surface area contributed by atoms with Crippen LogP contribution in [0, 0.1) is 6.92 Å². The molecule has 0 unspecified atom stereocenters. The minimum Gasteiger partial charge on any atom is -0.329 e. The minimum atomic E-state index is 0.0879. The number of benzene rings is 1. The molecule has 1 aliphatic rings. The highest BCUT2D eigenvalue weighted by Gasteiger charge is 2.25. The first-order chi connectivity index (χ1) is 9.52. The van der Waals surface area contributed by atoms with Gasteiger partial charge in [-0.15, -0.1) is 0 Å². The number of imidazole rings is 1. The lowest BCUT2D eigenvalue weighted by Crippen LogP contribution is -2.20. The summed E-state index contributed by atoms with van der Waals surface area (Å²) in [5.41, 5.74) is 4.01. The van der Waals surface area contributed by atoms with E-state index in [-0.39, 0.29) is 5.91 Å². The molecule has 20 heavy (non-hydrogen) atoms. The monoisotopic (exact) mass is 269 g/mol. The van der Waals surface area contributed by atoms with E-state index >= 15 is 0 Å². The van der Waals surface area contributed by atoms with E-state index in [0.29, 0.717) is 17.8 Å². The molecule has 3 rings (SSSR count). The quantitative estimate of drug-likeness (QED) is 0.780. The van der Waals surface area contributed by atoms with Crippen LogP contribution in [0.15, 0.2) is 18.2 Å². The van der Waals surface area contributed by atoms with Gasteiger partial charge in [0.25, 0.3) is 0 Å². The Balaban J connectivity index is 2.14. The molecule has 5 nitrogen and oxygen atoms in total. The average Bonchev–Trinajstić information content (AvgIpc) is 2.88. The van der Waals surface area contributed by atoms with Crippen molar-refractivity contribution in [2.24, 2.45) is 7.05 Å². The SMILES string of the molecule is Cc1nc(-c2ccc3c(c2)CC(=O)N3C)c(C=O)n1C. The molecule has 0 saturated heterocycles. The lowest BCUT2D eigenvalue weighted by molar-refractivity contribution is -0.117. The summed E-state index contributed by atoms with van der Waals surface area (Å²) < 4.78 is 1.77. The molecule has 102 valence electrons. The Morgan fingerprint density at radius 3 is 2.75 bits per heavy atom. The third-order valence-electron chi connectivity index (χ3n) is 3.90. The van der Waals surface area contributed by atoms with Crippen molar-refractivity contribution in [1.82, 2.24) is 9.55 Å². The van der Waals surface area contributed by atoms with Crippen LogP contribution in [-0.2, 0) is 18.3 Å². The molecule has 1 aromatic heterocycles. The third-order valence-corrected chi connectivity index (χ3v) is 3.90. The van der Waals surface area contributed by atoms with Crippen LogP contribution in [0.25, 0.3) is 11.3 Å². The van der Waals surface area contributed by atoms with Gasteiger partial charge in [0.1, 0.15) is 11.5 Å². The Morgan fingerprint density at radius 2 is 2.05 bits per heavy atom. The Kier molecular flexibility index (Phi) is 2.71. The van der Waals surface area contributed by atoms with Gasteiger partial charge in [0, 0.05) is 25.3 Å². The van der Waals surface area contributed by atoms with Crippen LogP contribution >= 0.6 is 0 Å². The molecule has 2 aromatic rings. The second-order valence-electron chi connectivity index (χ2n) is 5.04. The van der Waals surface area contributed by atoms with Crippen molar-refractivity contribution in [1.29, 1.82) is 0 Å². The highest BCUT2D eigenvalue weighted by Crippen LogP contribution is 2.32. The molecule has 1 amide bonds. The van der Waals surface area contributed by atoms with Crippen LogP contribution in [0.1, 0.15) is 21.9 Å². The third kappa shape index (κ3) is 1.66. The number of rotatable bonds is 2. The number of anilines is 1. The van der Waals surface area contributed by atoms with Gasteiger partial charge in [0.15, 0.2) is 6.29 Å². The molecular formula is C15H15N3O2. The van der Waals surface area contributed by atoms with Crippen molar-refractivity contribution in [2.45, 2.75) is 13.3 Å². The molecule has 0 radical (unpaired) electrons. The van der Waals surface area contributed by atoms with Crippen LogP contribution in [-0.4, -0.2) is 28.8 Å². The molecule has 1 aliphatic heterocycles. The van der Waals surface area contributed by atoms with Crippen LogP contribution in [0.4, 0.5) is 5.69 Å². The highest BCUT2D eigenvalue weighted by molar-refractivity contribution is 6.01. The van der Waals surface area contributed by atoms with E-state index in [1.165, 1.54) is 0 Å². The van der Waals surface area contributed by atoms with Crippen molar-refractivity contribution in [3.63, 3.8) is 0 Å². The van der Waals surface area contributed by atoms with Gasteiger partial charge in [-0.25, -0.2) is 4.98 Å². The largest absolute Gasteiger partial charge is 0.329 e. The Labute approximate surface area is 116 Å². The lowest BCUT2D eigenvalue weighted by atomic mass is 10.0. The van der Waals surface area contributed by atoms with Crippen molar-refractivity contribution >= 4 is 17.9 Å². The number of aryl methyl sites for hydroxylation is 1. The average molecular weight is 269 g/mol. The summed E-state index contributed by atoms with van der Waals surface area (Å²) in [4.78, 5) is 29.1. The lowest BCUT2D eigenvalue weighted by Gasteiger charge is -2.10. The molecule has 0 fully saturated rings. The number of nitrogens with zero attached hydrogens (tertiary/aromatic N) is 3. The number of carbonyl (C=O) groups is 2. The molecule has 2 heterocycles. The second kappa shape index (κ2) is 4.30. The fourth-order valence-corrected chi connectivity index (χ4v) is 2.59. The first-order valence-corrected chi connectivity index (χ1v) is 6.41. The summed E-state index contributed by atoms with van der Waals surface area (Å²) >= 11 is 0. The second-order valence-corrected chi connectivity index (χ2v) is 5.04. The molecule has 5 heteroatoms. The van der Waals surface area contributed by atoms with Crippen LogP contribution in [0.5, 0.6) is 0 Å². The number of fused-ring (bicyclic) bond motifs is 1. The van der Waals surface area contributed by atoms with Crippen LogP contribution < -0.4 is 4.90 Å². The zero-order valence-electron chi connectivity index (χ0n) is 11.7. The van der Waals surface area contributed by atoms with E-state index in [1.54, 1.807) is 16.5 Å². The maximum Gasteiger partial charge on any atom is 0.231 e. The maximum absolute atomic E-state index is 11.7. The summed E-state index contributed by atoms with van der Waals surface area (Å²) in [7, 11) is 3.59. The first kappa shape index (κ1) is 12.6. The van der Waals surface area contributed by atoms with E-state index in [1.807, 2.05) is 32.2 Å².